The number of carbonyl (C=O) groups is 1. The summed E-state index contributed by atoms with van der Waals surface area (Å²) in [5.74, 6) is -1.68. The molecule has 0 bridgehead atoms. The van der Waals surface area contributed by atoms with Crippen molar-refractivity contribution in [2.75, 3.05) is 18.5 Å². The maximum atomic E-state index is 15.3. The molecule has 1 aromatic heterocycles. The summed E-state index contributed by atoms with van der Waals surface area (Å²) in [6.07, 6.45) is -4.22. The summed E-state index contributed by atoms with van der Waals surface area (Å²) in [6.45, 7) is 2.82. The van der Waals surface area contributed by atoms with Crippen LogP contribution in [0.5, 0.6) is 11.5 Å². The molecule has 198 valence electrons. The number of amides is 1. The summed E-state index contributed by atoms with van der Waals surface area (Å²) in [5.41, 5.74) is -0.752. The van der Waals surface area contributed by atoms with Crippen molar-refractivity contribution in [2.24, 2.45) is 0 Å². The van der Waals surface area contributed by atoms with Crippen LogP contribution in [-0.2, 0) is 22.2 Å². The van der Waals surface area contributed by atoms with E-state index in [9.17, 15) is 28.9 Å². The SMILES string of the molecule is CC(C)(CO)c1cc2cc(NC(=O)C3(c4cccc5c4OC(F)(F)O5)CC3)c(F)cc2n1C[C@@H](O)CO. The Bertz CT molecular complexity index is 1380. The van der Waals surface area contributed by atoms with E-state index in [-0.39, 0.29) is 35.9 Å². The molecule has 1 fully saturated rings. The minimum absolute atomic E-state index is 0.0289. The Labute approximate surface area is 210 Å². The van der Waals surface area contributed by atoms with E-state index < -0.39 is 41.6 Å². The van der Waals surface area contributed by atoms with Crippen LogP contribution in [0.4, 0.5) is 18.9 Å². The highest BCUT2D eigenvalue weighted by molar-refractivity contribution is 6.03. The Morgan fingerprint density at radius 1 is 1.19 bits per heavy atom. The van der Waals surface area contributed by atoms with E-state index in [1.165, 1.54) is 30.3 Å². The fourth-order valence-electron chi connectivity index (χ4n) is 4.82. The van der Waals surface area contributed by atoms with Gasteiger partial charge in [0, 0.05) is 28.1 Å². The quantitative estimate of drug-likeness (QED) is 0.362. The lowest BCUT2D eigenvalue weighted by molar-refractivity contribution is -0.287. The van der Waals surface area contributed by atoms with E-state index in [2.05, 4.69) is 14.8 Å². The van der Waals surface area contributed by atoms with Crippen molar-refractivity contribution in [1.82, 2.24) is 4.57 Å². The highest BCUT2D eigenvalue weighted by Crippen LogP contribution is 2.56. The zero-order valence-corrected chi connectivity index (χ0v) is 20.2. The Morgan fingerprint density at radius 3 is 2.57 bits per heavy atom. The number of alkyl halides is 2. The lowest BCUT2D eigenvalue weighted by Crippen LogP contribution is -2.30. The first-order chi connectivity index (χ1) is 17.4. The molecule has 0 unspecified atom stereocenters. The van der Waals surface area contributed by atoms with Crippen molar-refractivity contribution in [3.63, 3.8) is 0 Å². The van der Waals surface area contributed by atoms with Crippen LogP contribution in [0.1, 0.15) is 37.9 Å². The summed E-state index contributed by atoms with van der Waals surface area (Å²) < 4.78 is 53.4. The smallest absolute Gasteiger partial charge is 0.395 e. The minimum Gasteiger partial charge on any atom is -0.395 e. The van der Waals surface area contributed by atoms with Gasteiger partial charge in [0.25, 0.3) is 0 Å². The van der Waals surface area contributed by atoms with Crippen molar-refractivity contribution in [1.29, 1.82) is 0 Å². The number of para-hydroxylation sites is 1. The second kappa shape index (κ2) is 8.64. The van der Waals surface area contributed by atoms with Gasteiger partial charge >= 0.3 is 6.29 Å². The number of carbonyl (C=O) groups excluding carboxylic acids is 1. The van der Waals surface area contributed by atoms with Gasteiger partial charge in [-0.15, -0.1) is 8.78 Å². The molecular formula is C26H27F3N2O6. The maximum Gasteiger partial charge on any atom is 0.586 e. The Kier molecular flexibility index (Phi) is 5.93. The number of fused-ring (bicyclic) bond motifs is 2. The Morgan fingerprint density at radius 2 is 1.92 bits per heavy atom. The van der Waals surface area contributed by atoms with Crippen LogP contribution in [0.2, 0.25) is 0 Å². The number of aliphatic hydroxyl groups is 3. The molecule has 4 N–H and O–H groups in total. The fourth-order valence-corrected chi connectivity index (χ4v) is 4.82. The van der Waals surface area contributed by atoms with Gasteiger partial charge in [0.2, 0.25) is 5.91 Å². The average Bonchev–Trinajstić information content (AvgIpc) is 3.49. The van der Waals surface area contributed by atoms with Gasteiger partial charge in [-0.05, 0) is 31.0 Å². The predicted molar refractivity (Wildman–Crippen MR) is 127 cm³/mol. The summed E-state index contributed by atoms with van der Waals surface area (Å²) >= 11 is 0. The summed E-state index contributed by atoms with van der Waals surface area (Å²) in [7, 11) is 0. The van der Waals surface area contributed by atoms with E-state index >= 15 is 4.39 Å². The number of hydrogen-bond acceptors (Lipinski definition) is 6. The summed E-state index contributed by atoms with van der Waals surface area (Å²) in [6, 6.07) is 8.72. The molecule has 1 saturated carbocycles. The highest BCUT2D eigenvalue weighted by Gasteiger charge is 2.56. The number of benzene rings is 2. The van der Waals surface area contributed by atoms with Crippen LogP contribution < -0.4 is 14.8 Å². The van der Waals surface area contributed by atoms with E-state index in [0.717, 1.165) is 0 Å². The minimum atomic E-state index is -3.83. The molecule has 0 saturated heterocycles. The van der Waals surface area contributed by atoms with Gasteiger partial charge in [0.05, 0.1) is 42.5 Å². The van der Waals surface area contributed by atoms with Gasteiger partial charge in [-0.2, -0.15) is 0 Å². The molecule has 11 heteroatoms. The van der Waals surface area contributed by atoms with Crippen molar-refractivity contribution in [3.8, 4) is 11.5 Å². The zero-order chi connectivity index (χ0) is 26.8. The number of ether oxygens (including phenoxy) is 2. The fraction of sp³-hybridized carbons (Fsp3) is 0.423. The molecular weight excluding hydrogens is 493 g/mol. The van der Waals surface area contributed by atoms with E-state index in [0.29, 0.717) is 29.4 Å². The molecule has 1 amide bonds. The van der Waals surface area contributed by atoms with Crippen LogP contribution >= 0.6 is 0 Å². The third-order valence-corrected chi connectivity index (χ3v) is 7.06. The number of rotatable bonds is 8. The largest absolute Gasteiger partial charge is 0.586 e. The van der Waals surface area contributed by atoms with Crippen molar-refractivity contribution >= 4 is 22.5 Å². The first-order valence-corrected chi connectivity index (χ1v) is 11.8. The van der Waals surface area contributed by atoms with E-state index in [4.69, 9.17) is 0 Å². The van der Waals surface area contributed by atoms with Crippen LogP contribution in [0.25, 0.3) is 10.9 Å². The van der Waals surface area contributed by atoms with E-state index in [1.807, 2.05) is 0 Å². The first-order valence-electron chi connectivity index (χ1n) is 11.8. The third kappa shape index (κ3) is 4.30. The van der Waals surface area contributed by atoms with Gasteiger partial charge in [0.1, 0.15) is 5.82 Å². The zero-order valence-electron chi connectivity index (χ0n) is 20.2. The monoisotopic (exact) mass is 520 g/mol. The number of hydrogen-bond donors (Lipinski definition) is 4. The number of aliphatic hydroxyl groups excluding tert-OH is 3. The molecule has 1 aliphatic heterocycles. The predicted octanol–water partition coefficient (Wildman–Crippen LogP) is 3.40. The average molecular weight is 521 g/mol. The lowest BCUT2D eigenvalue weighted by Gasteiger charge is -2.25. The van der Waals surface area contributed by atoms with Gasteiger partial charge < -0.3 is 34.7 Å². The van der Waals surface area contributed by atoms with Gasteiger partial charge in [-0.25, -0.2) is 4.39 Å². The molecule has 1 atom stereocenters. The number of nitrogens with zero attached hydrogens (tertiary/aromatic N) is 1. The van der Waals surface area contributed by atoms with Crippen molar-refractivity contribution in [2.45, 2.75) is 56.5 Å². The topological polar surface area (TPSA) is 113 Å². The number of nitrogens with one attached hydrogen (secondary N) is 1. The van der Waals surface area contributed by atoms with Gasteiger partial charge in [-0.3, -0.25) is 4.79 Å². The first kappa shape index (κ1) is 25.4. The Balaban J connectivity index is 1.50. The number of aromatic nitrogens is 1. The second-order valence-corrected chi connectivity index (χ2v) is 10.2. The van der Waals surface area contributed by atoms with Gasteiger partial charge in [0.15, 0.2) is 11.5 Å². The molecule has 1 aliphatic carbocycles. The molecule has 2 heterocycles. The number of anilines is 1. The summed E-state index contributed by atoms with van der Waals surface area (Å²) in [5, 5.41) is 32.4. The van der Waals surface area contributed by atoms with Crippen LogP contribution in [0.15, 0.2) is 36.4 Å². The molecule has 5 rings (SSSR count). The van der Waals surface area contributed by atoms with Gasteiger partial charge in [-0.1, -0.05) is 26.0 Å². The van der Waals surface area contributed by atoms with Crippen LogP contribution in [-0.4, -0.2) is 51.4 Å². The molecule has 0 radical (unpaired) electrons. The second-order valence-electron chi connectivity index (χ2n) is 10.2. The van der Waals surface area contributed by atoms with Crippen LogP contribution in [0, 0.1) is 5.82 Å². The Hall–Kier alpha value is -3.28. The maximum absolute atomic E-state index is 15.3. The molecule has 0 spiro atoms. The summed E-state index contributed by atoms with van der Waals surface area (Å²) in [4.78, 5) is 13.3. The molecule has 2 aliphatic rings. The van der Waals surface area contributed by atoms with Crippen LogP contribution in [0.3, 0.4) is 0 Å². The molecule has 3 aromatic rings. The molecule has 37 heavy (non-hydrogen) atoms. The lowest BCUT2D eigenvalue weighted by atomic mass is 9.90. The number of halogens is 3. The standard InChI is InChI=1S/C26H27F3N2O6/c1-24(2,13-33)21-9-14-8-18(17(27)10-19(14)31(21)11-15(34)12-32)30-23(35)25(6-7-25)16-4-3-5-20-22(16)37-26(28,29)36-20/h3-5,8-10,15,32-34H,6-7,11-13H2,1-2H3,(H,30,35)/t15-/m1/s1. The van der Waals surface area contributed by atoms with Crippen molar-refractivity contribution in [3.05, 3.63) is 53.5 Å². The van der Waals surface area contributed by atoms with Crippen molar-refractivity contribution < 1.29 is 42.8 Å². The van der Waals surface area contributed by atoms with E-state index in [1.54, 1.807) is 24.5 Å². The molecule has 2 aromatic carbocycles. The third-order valence-electron chi connectivity index (χ3n) is 7.06. The normalized spacial score (nSPS) is 18.2. The molecule has 8 nitrogen and oxygen atoms in total. The highest BCUT2D eigenvalue weighted by atomic mass is 19.3.